The third kappa shape index (κ3) is 4.78. The number of aliphatic hydroxyl groups excluding tert-OH is 1. The van der Waals surface area contributed by atoms with E-state index in [2.05, 4.69) is 0 Å². The van der Waals surface area contributed by atoms with E-state index in [1.807, 2.05) is 48.6 Å². The number of cyclic esters (lactones) is 1. The van der Waals surface area contributed by atoms with Crippen molar-refractivity contribution in [2.75, 3.05) is 24.7 Å². The van der Waals surface area contributed by atoms with Gasteiger partial charge in [-0.05, 0) is 43.4 Å². The van der Waals surface area contributed by atoms with Crippen LogP contribution < -0.4 is 4.90 Å². The monoisotopic (exact) mass is 576 g/mol. The lowest BCUT2D eigenvalue weighted by molar-refractivity contribution is -0.155. The number of aliphatic hydroxyl groups is 1. The number of rotatable bonds is 5. The quantitative estimate of drug-likeness (QED) is 0.431. The van der Waals surface area contributed by atoms with E-state index in [0.29, 0.717) is 17.1 Å². The summed E-state index contributed by atoms with van der Waals surface area (Å²) in [6.07, 6.45) is 9.38. The van der Waals surface area contributed by atoms with Crippen LogP contribution in [0.3, 0.4) is 0 Å². The fourth-order valence-corrected chi connectivity index (χ4v) is 7.01. The van der Waals surface area contributed by atoms with E-state index in [-0.39, 0.29) is 25.7 Å². The maximum absolute atomic E-state index is 14.6. The van der Waals surface area contributed by atoms with Crippen LogP contribution >= 0.6 is 11.6 Å². The van der Waals surface area contributed by atoms with Gasteiger partial charge in [0.2, 0.25) is 5.91 Å². The molecule has 0 radical (unpaired) electrons. The van der Waals surface area contributed by atoms with E-state index in [4.69, 9.17) is 21.1 Å². The van der Waals surface area contributed by atoms with E-state index < -0.39 is 47.5 Å². The molecule has 2 aromatic rings. The van der Waals surface area contributed by atoms with Gasteiger partial charge in [-0.15, -0.1) is 0 Å². The Kier molecular flexibility index (Phi) is 7.72. The summed E-state index contributed by atoms with van der Waals surface area (Å²) in [5.41, 5.74) is -0.0115. The molecule has 6 rings (SSSR count). The summed E-state index contributed by atoms with van der Waals surface area (Å²) >= 11 is 6.54. The molecule has 1 N–H and O–H groups in total. The number of hydrogen-bond acceptors (Lipinski definition) is 6. The molecule has 0 bridgehead atoms. The second-order valence-electron chi connectivity index (χ2n) is 11.0. The number of nitrogens with zero attached hydrogens (tertiary/aromatic N) is 2. The first-order chi connectivity index (χ1) is 20.0. The molecule has 4 aliphatic heterocycles. The molecule has 4 aliphatic rings. The second kappa shape index (κ2) is 11.4. The number of allylic oxidation sites excluding steroid dienone is 1. The normalized spacial score (nSPS) is 31.1. The molecule has 214 valence electrons. The highest BCUT2D eigenvalue weighted by molar-refractivity contribution is 6.34. The van der Waals surface area contributed by atoms with Crippen molar-refractivity contribution in [3.05, 3.63) is 89.5 Å². The third-order valence-electron chi connectivity index (χ3n) is 8.60. The standard InChI is InChI=1S/C32H33ClN2O6/c33-23-13-7-8-14-24(23)34-17-10-16-32-27(26-25(41-32)15-6-1-2-9-18-40-31(26)39)29(37)35(28(32)30(34)38)22(20-36)19-21-11-4-3-5-12-21/h3-8,10-16,22,25-28,36H,1-2,9,17-20H2/b15-6-/t22-,25+,26-,27+,28?,32+/m1/s1. The van der Waals surface area contributed by atoms with Gasteiger partial charge < -0.3 is 24.4 Å². The zero-order valence-electron chi connectivity index (χ0n) is 22.6. The van der Waals surface area contributed by atoms with Crippen LogP contribution in [-0.2, 0) is 30.3 Å². The Balaban J connectivity index is 1.48. The second-order valence-corrected chi connectivity index (χ2v) is 11.4. The van der Waals surface area contributed by atoms with Crippen molar-refractivity contribution in [2.45, 2.75) is 49.5 Å². The number of carbonyl (C=O) groups excluding carboxylic acids is 3. The molecule has 9 heteroatoms. The minimum Gasteiger partial charge on any atom is -0.465 e. The van der Waals surface area contributed by atoms with E-state index >= 15 is 0 Å². The number of anilines is 1. The first kappa shape index (κ1) is 27.7. The number of benzene rings is 2. The largest absolute Gasteiger partial charge is 0.465 e. The highest BCUT2D eigenvalue weighted by Crippen LogP contribution is 2.54. The molecule has 2 aromatic carbocycles. The molecular formula is C32H33ClN2O6. The SMILES string of the molecule is O=C1OCCCC/C=C\[C@@H]2O[C@]34C=CCN(c5ccccc5Cl)C(=O)C3N([C@@H](CO)Cc3ccccc3)C(=O)[C@@H]4[C@H]12. The van der Waals surface area contributed by atoms with Gasteiger partial charge in [0.05, 0.1) is 42.0 Å². The number of likely N-dealkylation sites (tertiary alicyclic amines) is 1. The molecule has 2 amide bonds. The van der Waals surface area contributed by atoms with Crippen LogP contribution in [0.25, 0.3) is 0 Å². The smallest absolute Gasteiger partial charge is 0.312 e. The molecule has 2 saturated heterocycles. The maximum Gasteiger partial charge on any atom is 0.312 e. The van der Waals surface area contributed by atoms with Crippen LogP contribution in [0.5, 0.6) is 0 Å². The maximum atomic E-state index is 14.6. The average molecular weight is 577 g/mol. The van der Waals surface area contributed by atoms with E-state index in [1.54, 1.807) is 35.2 Å². The summed E-state index contributed by atoms with van der Waals surface area (Å²) in [4.78, 5) is 45.7. The third-order valence-corrected chi connectivity index (χ3v) is 8.92. The lowest BCUT2D eigenvalue weighted by Gasteiger charge is -2.38. The van der Waals surface area contributed by atoms with Crippen LogP contribution in [0, 0.1) is 11.8 Å². The van der Waals surface area contributed by atoms with Crippen LogP contribution in [0.1, 0.15) is 24.8 Å². The molecule has 41 heavy (non-hydrogen) atoms. The molecule has 1 unspecified atom stereocenters. The zero-order valence-corrected chi connectivity index (χ0v) is 23.4. The highest BCUT2D eigenvalue weighted by atomic mass is 35.5. The molecule has 0 aromatic heterocycles. The molecule has 4 heterocycles. The Morgan fingerprint density at radius 2 is 1.78 bits per heavy atom. The van der Waals surface area contributed by atoms with Crippen molar-refractivity contribution < 1.29 is 29.0 Å². The Morgan fingerprint density at radius 3 is 2.56 bits per heavy atom. The van der Waals surface area contributed by atoms with Gasteiger partial charge in [-0.2, -0.15) is 0 Å². The highest BCUT2D eigenvalue weighted by Gasteiger charge is 2.72. The molecular weight excluding hydrogens is 544 g/mol. The lowest BCUT2D eigenvalue weighted by atomic mass is 9.78. The molecule has 2 fully saturated rings. The van der Waals surface area contributed by atoms with Crippen LogP contribution in [-0.4, -0.2) is 71.3 Å². The number of amides is 2. The van der Waals surface area contributed by atoms with Crippen LogP contribution in [0.2, 0.25) is 5.02 Å². The Hall–Kier alpha value is -3.46. The Morgan fingerprint density at radius 1 is 1.00 bits per heavy atom. The van der Waals surface area contributed by atoms with Gasteiger partial charge in [0.15, 0.2) is 0 Å². The molecule has 0 aliphatic carbocycles. The van der Waals surface area contributed by atoms with Gasteiger partial charge in [-0.3, -0.25) is 14.4 Å². The Labute approximate surface area is 244 Å². The number of fused-ring (bicyclic) bond motifs is 2. The van der Waals surface area contributed by atoms with Crippen LogP contribution in [0.4, 0.5) is 5.69 Å². The average Bonchev–Trinajstić information content (AvgIpc) is 3.37. The van der Waals surface area contributed by atoms with Gasteiger partial charge in [0.1, 0.15) is 17.6 Å². The van der Waals surface area contributed by atoms with Crippen molar-refractivity contribution in [1.29, 1.82) is 0 Å². The Bertz CT molecular complexity index is 1380. The van der Waals surface area contributed by atoms with Gasteiger partial charge in [0, 0.05) is 6.54 Å². The topological polar surface area (TPSA) is 96.4 Å². The number of ether oxygens (including phenoxy) is 2. The van der Waals surface area contributed by atoms with Crippen molar-refractivity contribution in [2.24, 2.45) is 11.8 Å². The van der Waals surface area contributed by atoms with Gasteiger partial charge in [-0.1, -0.05) is 78.4 Å². The summed E-state index contributed by atoms with van der Waals surface area (Å²) in [5, 5.41) is 11.0. The van der Waals surface area contributed by atoms with E-state index in [9.17, 15) is 19.5 Å². The summed E-state index contributed by atoms with van der Waals surface area (Å²) in [7, 11) is 0. The minimum absolute atomic E-state index is 0.205. The van der Waals surface area contributed by atoms with Crippen molar-refractivity contribution >= 4 is 35.1 Å². The number of esters is 1. The lowest BCUT2D eigenvalue weighted by Crippen LogP contribution is -2.58. The number of hydrogen-bond donors (Lipinski definition) is 1. The van der Waals surface area contributed by atoms with E-state index in [0.717, 1.165) is 24.8 Å². The van der Waals surface area contributed by atoms with E-state index in [1.165, 1.54) is 4.90 Å². The van der Waals surface area contributed by atoms with Crippen LogP contribution in [0.15, 0.2) is 78.9 Å². The van der Waals surface area contributed by atoms with Gasteiger partial charge >= 0.3 is 5.97 Å². The van der Waals surface area contributed by atoms with Gasteiger partial charge in [0.25, 0.3) is 5.91 Å². The number of halogens is 1. The molecule has 6 atom stereocenters. The first-order valence-corrected chi connectivity index (χ1v) is 14.6. The summed E-state index contributed by atoms with van der Waals surface area (Å²) < 4.78 is 12.3. The molecule has 8 nitrogen and oxygen atoms in total. The fraction of sp³-hybridized carbons (Fsp3) is 0.406. The van der Waals surface area contributed by atoms with Crippen molar-refractivity contribution in [3.8, 4) is 0 Å². The summed E-state index contributed by atoms with van der Waals surface area (Å²) in [6, 6.07) is 14.7. The molecule has 0 saturated carbocycles. The summed E-state index contributed by atoms with van der Waals surface area (Å²) in [6.45, 7) is 0.0950. The first-order valence-electron chi connectivity index (χ1n) is 14.2. The number of carbonyl (C=O) groups is 3. The zero-order chi connectivity index (χ0) is 28.6. The molecule has 1 spiro atoms. The van der Waals surface area contributed by atoms with Gasteiger partial charge in [-0.25, -0.2) is 0 Å². The minimum atomic E-state index is -1.43. The predicted molar refractivity (Wildman–Crippen MR) is 153 cm³/mol. The number of para-hydroxylation sites is 1. The predicted octanol–water partition coefficient (Wildman–Crippen LogP) is 3.71. The summed E-state index contributed by atoms with van der Waals surface area (Å²) in [5.74, 6) is -3.21. The fourth-order valence-electron chi connectivity index (χ4n) is 6.77. The van der Waals surface area contributed by atoms with Crippen molar-refractivity contribution in [1.82, 2.24) is 4.90 Å². The van der Waals surface area contributed by atoms with Crippen molar-refractivity contribution in [3.63, 3.8) is 0 Å².